The molecule has 0 radical (unpaired) electrons. The summed E-state index contributed by atoms with van der Waals surface area (Å²) in [5, 5.41) is 18.7. The van der Waals surface area contributed by atoms with Crippen molar-refractivity contribution in [2.75, 3.05) is 7.11 Å². The minimum Gasteiger partial charge on any atom is -0.508 e. The van der Waals surface area contributed by atoms with Gasteiger partial charge in [0.2, 0.25) is 0 Å². The Morgan fingerprint density at radius 3 is 2.50 bits per heavy atom. The Morgan fingerprint density at radius 2 is 2.06 bits per heavy atom. The molecule has 0 aliphatic rings. The summed E-state index contributed by atoms with van der Waals surface area (Å²) in [6, 6.07) is 4.86. The van der Waals surface area contributed by atoms with Gasteiger partial charge in [0, 0.05) is 6.07 Å². The Morgan fingerprint density at radius 1 is 1.44 bits per heavy atom. The minimum absolute atomic E-state index is 0.0636. The second kappa shape index (κ2) is 4.43. The van der Waals surface area contributed by atoms with Crippen molar-refractivity contribution in [1.29, 1.82) is 0 Å². The number of ether oxygens (including phenoxy) is 1. The van der Waals surface area contributed by atoms with Crippen LogP contribution in [-0.2, 0) is 11.2 Å². The van der Waals surface area contributed by atoms with Crippen molar-refractivity contribution in [3.8, 4) is 11.5 Å². The molecular weight excluding hydrogens is 208 g/mol. The monoisotopic (exact) mass is 224 g/mol. The summed E-state index contributed by atoms with van der Waals surface area (Å²) in [4.78, 5) is 11.0. The molecule has 16 heavy (non-hydrogen) atoms. The molecule has 1 aromatic carbocycles. The van der Waals surface area contributed by atoms with Crippen LogP contribution in [0.4, 0.5) is 0 Å². The molecule has 0 unspecified atom stereocenters. The van der Waals surface area contributed by atoms with E-state index in [1.165, 1.54) is 13.2 Å². The maximum Gasteiger partial charge on any atom is 0.309 e. The van der Waals surface area contributed by atoms with E-state index in [9.17, 15) is 9.90 Å². The molecule has 2 N–H and O–H groups in total. The first-order valence-corrected chi connectivity index (χ1v) is 4.96. The van der Waals surface area contributed by atoms with E-state index in [1.807, 2.05) is 0 Å². The highest BCUT2D eigenvalue weighted by Crippen LogP contribution is 2.30. The third-order valence-electron chi connectivity index (χ3n) is 2.50. The lowest BCUT2D eigenvalue weighted by atomic mass is 9.85. The van der Waals surface area contributed by atoms with Crippen LogP contribution in [0.15, 0.2) is 18.2 Å². The molecule has 0 saturated heterocycles. The molecule has 0 saturated carbocycles. The summed E-state index contributed by atoms with van der Waals surface area (Å²) in [6.07, 6.45) is 0.276. The van der Waals surface area contributed by atoms with Crippen molar-refractivity contribution in [3.05, 3.63) is 23.8 Å². The average Bonchev–Trinajstić information content (AvgIpc) is 2.20. The summed E-state index contributed by atoms with van der Waals surface area (Å²) in [7, 11) is 1.51. The summed E-state index contributed by atoms with van der Waals surface area (Å²) in [5.74, 6) is -0.272. The van der Waals surface area contributed by atoms with Gasteiger partial charge in [-0.05, 0) is 31.9 Å². The molecule has 1 rings (SSSR count). The number of hydrogen-bond acceptors (Lipinski definition) is 3. The highest BCUT2D eigenvalue weighted by molar-refractivity contribution is 5.74. The van der Waals surface area contributed by atoms with Crippen LogP contribution < -0.4 is 4.74 Å². The van der Waals surface area contributed by atoms with Gasteiger partial charge in [0.05, 0.1) is 12.5 Å². The first-order chi connectivity index (χ1) is 7.36. The van der Waals surface area contributed by atoms with Gasteiger partial charge in [-0.1, -0.05) is 6.07 Å². The first kappa shape index (κ1) is 12.4. The predicted octanol–water partition coefficient (Wildman–Crippen LogP) is 2.05. The smallest absolute Gasteiger partial charge is 0.309 e. The molecule has 0 amide bonds. The van der Waals surface area contributed by atoms with Crippen molar-refractivity contribution in [2.45, 2.75) is 20.3 Å². The number of aromatic hydroxyl groups is 1. The number of carboxylic acids is 1. The standard InChI is InChI=1S/C12H16O4/c1-12(2,11(14)15)7-8-4-5-9(16-3)6-10(8)13/h4-6,13H,7H2,1-3H3,(H,14,15). The van der Waals surface area contributed by atoms with Crippen LogP contribution in [0.5, 0.6) is 11.5 Å². The Hall–Kier alpha value is -1.71. The maximum absolute atomic E-state index is 11.0. The van der Waals surface area contributed by atoms with E-state index < -0.39 is 11.4 Å². The predicted molar refractivity (Wildman–Crippen MR) is 59.8 cm³/mol. The van der Waals surface area contributed by atoms with Gasteiger partial charge in [0.15, 0.2) is 0 Å². The zero-order valence-corrected chi connectivity index (χ0v) is 9.65. The maximum atomic E-state index is 11.0. The fraction of sp³-hybridized carbons (Fsp3) is 0.417. The lowest BCUT2D eigenvalue weighted by Crippen LogP contribution is -2.26. The summed E-state index contributed by atoms with van der Waals surface area (Å²) >= 11 is 0. The van der Waals surface area contributed by atoms with E-state index in [0.29, 0.717) is 11.3 Å². The van der Waals surface area contributed by atoms with Gasteiger partial charge in [-0.25, -0.2) is 0 Å². The molecule has 0 spiro atoms. The zero-order chi connectivity index (χ0) is 12.3. The van der Waals surface area contributed by atoms with Gasteiger partial charge >= 0.3 is 5.97 Å². The van der Waals surface area contributed by atoms with Gasteiger partial charge in [-0.3, -0.25) is 4.79 Å². The topological polar surface area (TPSA) is 66.8 Å². The quantitative estimate of drug-likeness (QED) is 0.821. The zero-order valence-electron chi connectivity index (χ0n) is 9.65. The van der Waals surface area contributed by atoms with Crippen LogP contribution in [-0.4, -0.2) is 23.3 Å². The Bertz CT molecular complexity index is 396. The van der Waals surface area contributed by atoms with Gasteiger partial charge in [0.25, 0.3) is 0 Å². The molecular formula is C12H16O4. The van der Waals surface area contributed by atoms with E-state index >= 15 is 0 Å². The molecule has 0 fully saturated rings. The van der Waals surface area contributed by atoms with Crippen molar-refractivity contribution in [1.82, 2.24) is 0 Å². The summed E-state index contributed by atoms with van der Waals surface area (Å²) in [6.45, 7) is 3.25. The normalized spacial score (nSPS) is 11.2. The Balaban J connectivity index is 2.94. The van der Waals surface area contributed by atoms with Crippen LogP contribution in [0, 0.1) is 5.41 Å². The Kier molecular flexibility index (Phi) is 3.42. The van der Waals surface area contributed by atoms with E-state index in [2.05, 4.69) is 0 Å². The molecule has 88 valence electrons. The lowest BCUT2D eigenvalue weighted by Gasteiger charge is -2.19. The van der Waals surface area contributed by atoms with Gasteiger partial charge < -0.3 is 14.9 Å². The SMILES string of the molecule is COc1ccc(CC(C)(C)C(=O)O)c(O)c1. The largest absolute Gasteiger partial charge is 0.508 e. The van der Waals surface area contributed by atoms with Gasteiger partial charge in [0.1, 0.15) is 11.5 Å². The number of methoxy groups -OCH3 is 1. The molecule has 0 heterocycles. The van der Waals surface area contributed by atoms with Crippen LogP contribution in [0.3, 0.4) is 0 Å². The Labute approximate surface area is 94.5 Å². The number of aliphatic carboxylic acids is 1. The van der Waals surface area contributed by atoms with Gasteiger partial charge in [-0.2, -0.15) is 0 Å². The number of phenolic OH excluding ortho intramolecular Hbond substituents is 1. The van der Waals surface area contributed by atoms with E-state index in [-0.39, 0.29) is 12.2 Å². The van der Waals surface area contributed by atoms with Crippen molar-refractivity contribution >= 4 is 5.97 Å². The number of rotatable bonds is 4. The third kappa shape index (κ3) is 2.66. The minimum atomic E-state index is -0.897. The van der Waals surface area contributed by atoms with E-state index in [1.54, 1.807) is 26.0 Å². The van der Waals surface area contributed by atoms with Crippen LogP contribution in [0.2, 0.25) is 0 Å². The third-order valence-corrected chi connectivity index (χ3v) is 2.50. The van der Waals surface area contributed by atoms with Crippen LogP contribution >= 0.6 is 0 Å². The number of hydrogen-bond donors (Lipinski definition) is 2. The lowest BCUT2D eigenvalue weighted by molar-refractivity contribution is -0.146. The van der Waals surface area contributed by atoms with Crippen LogP contribution in [0.25, 0.3) is 0 Å². The molecule has 0 aliphatic heterocycles. The highest BCUT2D eigenvalue weighted by atomic mass is 16.5. The number of phenols is 1. The van der Waals surface area contributed by atoms with Crippen molar-refractivity contribution in [3.63, 3.8) is 0 Å². The van der Waals surface area contributed by atoms with Gasteiger partial charge in [-0.15, -0.1) is 0 Å². The molecule has 4 heteroatoms. The van der Waals surface area contributed by atoms with Crippen molar-refractivity contribution < 1.29 is 19.7 Å². The number of carboxylic acid groups (broad SMARTS) is 1. The molecule has 0 aromatic heterocycles. The second-order valence-electron chi connectivity index (χ2n) is 4.36. The number of benzene rings is 1. The molecule has 0 bridgehead atoms. The summed E-state index contributed by atoms with van der Waals surface area (Å²) in [5.41, 5.74) is -0.292. The molecule has 1 aromatic rings. The van der Waals surface area contributed by atoms with E-state index in [4.69, 9.17) is 9.84 Å². The molecule has 0 aliphatic carbocycles. The molecule has 0 atom stereocenters. The fourth-order valence-corrected chi connectivity index (χ4v) is 1.37. The average molecular weight is 224 g/mol. The fourth-order valence-electron chi connectivity index (χ4n) is 1.37. The second-order valence-corrected chi connectivity index (χ2v) is 4.36. The van der Waals surface area contributed by atoms with Crippen LogP contribution in [0.1, 0.15) is 19.4 Å². The first-order valence-electron chi connectivity index (χ1n) is 4.96. The highest BCUT2D eigenvalue weighted by Gasteiger charge is 2.28. The number of carbonyl (C=O) groups is 1. The van der Waals surface area contributed by atoms with Crippen molar-refractivity contribution in [2.24, 2.45) is 5.41 Å². The summed E-state index contributed by atoms with van der Waals surface area (Å²) < 4.78 is 4.95. The van der Waals surface area contributed by atoms with E-state index in [0.717, 1.165) is 0 Å². The molecule has 4 nitrogen and oxygen atoms in total.